The van der Waals surface area contributed by atoms with Crippen molar-refractivity contribution < 1.29 is 4.52 Å². The van der Waals surface area contributed by atoms with E-state index >= 15 is 0 Å². The number of nitrogens with zero attached hydrogens (tertiary/aromatic N) is 4. The second-order valence-electron chi connectivity index (χ2n) is 4.51. The van der Waals surface area contributed by atoms with Crippen LogP contribution < -0.4 is 0 Å². The summed E-state index contributed by atoms with van der Waals surface area (Å²) in [5.41, 5.74) is 1.64. The highest BCUT2D eigenvalue weighted by Crippen LogP contribution is 2.29. The van der Waals surface area contributed by atoms with Gasteiger partial charge in [0.2, 0.25) is 5.89 Å². The summed E-state index contributed by atoms with van der Waals surface area (Å²) in [6.45, 7) is 4.04. The minimum absolute atomic E-state index is 0.244. The molecular weight excluding hydrogens is 299 g/mol. The number of alkyl halides is 1. The first-order valence-electron chi connectivity index (χ1n) is 6.14. The molecule has 0 saturated heterocycles. The van der Waals surface area contributed by atoms with Crippen molar-refractivity contribution in [2.24, 2.45) is 0 Å². The summed E-state index contributed by atoms with van der Waals surface area (Å²) in [5.74, 6) is 1.83. The zero-order valence-corrected chi connectivity index (χ0v) is 12.5. The molecule has 0 fully saturated rings. The molecule has 104 valence electrons. The minimum atomic E-state index is -0.244. The van der Waals surface area contributed by atoms with Crippen LogP contribution in [0.15, 0.2) is 22.7 Å². The summed E-state index contributed by atoms with van der Waals surface area (Å²) in [4.78, 5) is 8.75. The van der Waals surface area contributed by atoms with Gasteiger partial charge in [0, 0.05) is 6.92 Å². The van der Waals surface area contributed by atoms with Gasteiger partial charge in [0.05, 0.1) is 28.0 Å². The second-order valence-corrected chi connectivity index (χ2v) is 5.57. The van der Waals surface area contributed by atoms with Gasteiger partial charge in [0.15, 0.2) is 5.82 Å². The predicted molar refractivity (Wildman–Crippen MR) is 77.1 cm³/mol. The van der Waals surface area contributed by atoms with Crippen molar-refractivity contribution in [3.05, 3.63) is 40.8 Å². The molecule has 1 unspecified atom stereocenters. The number of hydrogen-bond acceptors (Lipinski definition) is 4. The first kappa shape index (κ1) is 13.4. The Kier molecular flexibility index (Phi) is 3.40. The van der Waals surface area contributed by atoms with Crippen LogP contribution in [0, 0.1) is 6.92 Å². The van der Waals surface area contributed by atoms with Crippen LogP contribution in [0.25, 0.3) is 11.0 Å². The molecule has 3 aromatic rings. The number of aryl methyl sites for hydroxylation is 1. The fourth-order valence-corrected chi connectivity index (χ4v) is 2.61. The van der Waals surface area contributed by atoms with E-state index in [1.54, 1.807) is 6.92 Å². The molecule has 20 heavy (non-hydrogen) atoms. The fraction of sp³-hybridized carbons (Fsp3) is 0.308. The molecule has 0 N–H and O–H groups in total. The van der Waals surface area contributed by atoms with Crippen LogP contribution >= 0.6 is 23.2 Å². The lowest BCUT2D eigenvalue weighted by molar-refractivity contribution is 0.386. The summed E-state index contributed by atoms with van der Waals surface area (Å²) in [7, 11) is 0. The van der Waals surface area contributed by atoms with Crippen molar-refractivity contribution in [2.45, 2.75) is 25.8 Å². The van der Waals surface area contributed by atoms with E-state index in [-0.39, 0.29) is 5.38 Å². The molecule has 0 radical (unpaired) electrons. The summed E-state index contributed by atoms with van der Waals surface area (Å²) < 4.78 is 6.93. The number of aromatic nitrogens is 4. The van der Waals surface area contributed by atoms with Crippen LogP contribution in [0.2, 0.25) is 5.02 Å². The van der Waals surface area contributed by atoms with Gasteiger partial charge in [-0.25, -0.2) is 4.98 Å². The minimum Gasteiger partial charge on any atom is -0.340 e. The number of para-hydroxylation sites is 1. The van der Waals surface area contributed by atoms with Crippen molar-refractivity contribution in [2.75, 3.05) is 0 Å². The molecule has 1 atom stereocenters. The number of fused-ring (bicyclic) bond motifs is 1. The molecule has 0 bridgehead atoms. The summed E-state index contributed by atoms with van der Waals surface area (Å²) in [5, 5.41) is 4.29. The average Bonchev–Trinajstić information content (AvgIpc) is 2.95. The Morgan fingerprint density at radius 2 is 2.15 bits per heavy atom. The Morgan fingerprint density at radius 1 is 1.35 bits per heavy atom. The van der Waals surface area contributed by atoms with Crippen LogP contribution in [-0.4, -0.2) is 19.7 Å². The zero-order chi connectivity index (χ0) is 14.3. The highest BCUT2D eigenvalue weighted by Gasteiger charge is 2.18. The average molecular weight is 311 g/mol. The second kappa shape index (κ2) is 5.07. The maximum Gasteiger partial charge on any atom is 0.223 e. The third-order valence-electron chi connectivity index (χ3n) is 2.97. The van der Waals surface area contributed by atoms with Gasteiger partial charge < -0.3 is 9.09 Å². The van der Waals surface area contributed by atoms with Crippen molar-refractivity contribution >= 4 is 34.2 Å². The van der Waals surface area contributed by atoms with Gasteiger partial charge in [-0.3, -0.25) is 0 Å². The molecule has 0 aliphatic heterocycles. The normalized spacial score (nSPS) is 13.0. The molecule has 2 aromatic heterocycles. The highest BCUT2D eigenvalue weighted by molar-refractivity contribution is 6.35. The molecule has 1 aromatic carbocycles. The lowest BCUT2D eigenvalue weighted by Crippen LogP contribution is -2.07. The Hall–Kier alpha value is -1.59. The van der Waals surface area contributed by atoms with Crippen LogP contribution in [0.1, 0.15) is 29.8 Å². The third kappa shape index (κ3) is 2.27. The first-order chi connectivity index (χ1) is 9.56. The molecular formula is C13H12Cl2N4O. The van der Waals surface area contributed by atoms with E-state index in [2.05, 4.69) is 15.1 Å². The highest BCUT2D eigenvalue weighted by atomic mass is 35.5. The largest absolute Gasteiger partial charge is 0.340 e. The number of imidazole rings is 1. The Bertz CT molecular complexity index is 763. The first-order valence-corrected chi connectivity index (χ1v) is 6.95. The topological polar surface area (TPSA) is 56.7 Å². The summed E-state index contributed by atoms with van der Waals surface area (Å²) in [6.07, 6.45) is 0. The maximum absolute atomic E-state index is 6.28. The van der Waals surface area contributed by atoms with Crippen LogP contribution in [0.4, 0.5) is 0 Å². The van der Waals surface area contributed by atoms with Gasteiger partial charge in [-0.05, 0) is 19.1 Å². The van der Waals surface area contributed by atoms with E-state index < -0.39 is 0 Å². The molecule has 0 saturated carbocycles. The van der Waals surface area contributed by atoms with Gasteiger partial charge in [0.25, 0.3) is 0 Å². The van der Waals surface area contributed by atoms with Gasteiger partial charge in [0.1, 0.15) is 5.82 Å². The predicted octanol–water partition coefficient (Wildman–Crippen LogP) is 3.73. The van der Waals surface area contributed by atoms with Crippen LogP contribution in [0.3, 0.4) is 0 Å². The zero-order valence-electron chi connectivity index (χ0n) is 11.0. The van der Waals surface area contributed by atoms with Crippen LogP contribution in [-0.2, 0) is 6.54 Å². The van der Waals surface area contributed by atoms with E-state index in [9.17, 15) is 0 Å². The lowest BCUT2D eigenvalue weighted by atomic mass is 10.3. The maximum atomic E-state index is 6.28. The van der Waals surface area contributed by atoms with E-state index in [0.29, 0.717) is 23.3 Å². The van der Waals surface area contributed by atoms with Crippen molar-refractivity contribution in [1.82, 2.24) is 19.7 Å². The van der Waals surface area contributed by atoms with Crippen molar-refractivity contribution in [1.29, 1.82) is 0 Å². The monoisotopic (exact) mass is 310 g/mol. The molecule has 0 aliphatic carbocycles. The van der Waals surface area contributed by atoms with E-state index in [0.717, 1.165) is 16.9 Å². The Labute approximate surface area is 125 Å². The molecule has 7 heteroatoms. The quantitative estimate of drug-likeness (QED) is 0.692. The molecule has 0 amide bonds. The number of benzene rings is 1. The molecule has 5 nitrogen and oxygen atoms in total. The number of hydrogen-bond donors (Lipinski definition) is 0. The third-order valence-corrected chi connectivity index (χ3v) is 3.47. The Balaban J connectivity index is 2.18. The summed E-state index contributed by atoms with van der Waals surface area (Å²) in [6, 6.07) is 5.59. The lowest BCUT2D eigenvalue weighted by Gasteiger charge is -2.08. The van der Waals surface area contributed by atoms with Crippen molar-refractivity contribution in [3.63, 3.8) is 0 Å². The SMILES string of the molecule is Cc1nc(Cn2c(C(C)Cl)nc3cccc(Cl)c32)no1. The van der Waals surface area contributed by atoms with E-state index in [1.807, 2.05) is 29.7 Å². The summed E-state index contributed by atoms with van der Waals surface area (Å²) >= 11 is 12.5. The van der Waals surface area contributed by atoms with E-state index in [4.69, 9.17) is 27.7 Å². The molecule has 0 aliphatic rings. The van der Waals surface area contributed by atoms with E-state index in [1.165, 1.54) is 0 Å². The molecule has 3 rings (SSSR count). The van der Waals surface area contributed by atoms with Crippen molar-refractivity contribution in [3.8, 4) is 0 Å². The standard InChI is InChI=1S/C13H12Cl2N4O/c1-7(14)13-17-10-5-3-4-9(15)12(10)19(13)6-11-16-8(2)20-18-11/h3-5,7H,6H2,1-2H3. The molecule has 2 heterocycles. The van der Waals surface area contributed by atoms with Gasteiger partial charge in [-0.15, -0.1) is 11.6 Å². The number of halogens is 2. The Morgan fingerprint density at radius 3 is 2.80 bits per heavy atom. The fourth-order valence-electron chi connectivity index (χ4n) is 2.17. The van der Waals surface area contributed by atoms with Gasteiger partial charge >= 0.3 is 0 Å². The molecule has 0 spiro atoms. The number of rotatable bonds is 3. The smallest absolute Gasteiger partial charge is 0.223 e. The van der Waals surface area contributed by atoms with Gasteiger partial charge in [-0.2, -0.15) is 4.98 Å². The van der Waals surface area contributed by atoms with Gasteiger partial charge in [-0.1, -0.05) is 22.8 Å². The van der Waals surface area contributed by atoms with Crippen LogP contribution in [0.5, 0.6) is 0 Å².